The third-order valence-electron chi connectivity index (χ3n) is 3.57. The minimum atomic E-state index is -0.281. The Kier molecular flexibility index (Phi) is 4.67. The Morgan fingerprint density at radius 2 is 1.92 bits per heavy atom. The maximum absolute atomic E-state index is 12.5. The molecule has 0 spiro atoms. The van der Waals surface area contributed by atoms with Gasteiger partial charge in [-0.1, -0.05) is 29.3 Å². The lowest BCUT2D eigenvalue weighted by Gasteiger charge is -2.11. The molecule has 3 rings (SSSR count). The van der Waals surface area contributed by atoms with Gasteiger partial charge < -0.3 is 10.1 Å². The van der Waals surface area contributed by atoms with Crippen LogP contribution in [0.15, 0.2) is 48.5 Å². The van der Waals surface area contributed by atoms with Crippen LogP contribution in [0.1, 0.15) is 23.0 Å². The van der Waals surface area contributed by atoms with E-state index in [1.54, 1.807) is 24.3 Å². The predicted octanol–water partition coefficient (Wildman–Crippen LogP) is 4.85. The lowest BCUT2D eigenvalue weighted by molar-refractivity contribution is 0.102. The lowest BCUT2D eigenvalue weighted by atomic mass is 10.1. The first-order chi connectivity index (χ1) is 11.6. The van der Waals surface area contributed by atoms with Crippen molar-refractivity contribution in [2.45, 2.75) is 13.8 Å². The molecule has 0 aliphatic heterocycles. The molecule has 122 valence electrons. The third-order valence-corrected chi connectivity index (χ3v) is 3.81. The molecule has 0 saturated heterocycles. The van der Waals surface area contributed by atoms with Gasteiger partial charge in [-0.2, -0.15) is 0 Å². The minimum Gasteiger partial charge on any atom is -0.493 e. The summed E-state index contributed by atoms with van der Waals surface area (Å²) in [4.78, 5) is 16.9. The number of pyridine rings is 1. The van der Waals surface area contributed by atoms with Gasteiger partial charge >= 0.3 is 0 Å². The number of amides is 1. The van der Waals surface area contributed by atoms with Crippen LogP contribution in [0, 0.1) is 6.92 Å². The summed E-state index contributed by atoms with van der Waals surface area (Å²) in [7, 11) is 0. The zero-order valence-corrected chi connectivity index (χ0v) is 14.2. The first-order valence-corrected chi connectivity index (χ1v) is 8.05. The molecule has 5 heteroatoms. The van der Waals surface area contributed by atoms with Crippen LogP contribution in [0.2, 0.25) is 5.02 Å². The minimum absolute atomic E-state index is 0.281. The van der Waals surface area contributed by atoms with Crippen molar-refractivity contribution >= 4 is 34.1 Å². The number of nitrogens with zero attached hydrogens (tertiary/aromatic N) is 1. The standard InChI is InChI=1S/C19H17ClN2O2/c1-3-24-18-11-17(22-16-9-6-13(20)10-15(16)18)19(23)21-14-7-4-12(2)5-8-14/h4-11H,3H2,1-2H3,(H,21,23). The second-order valence-electron chi connectivity index (χ2n) is 5.42. The van der Waals surface area contributed by atoms with Crippen molar-refractivity contribution in [1.82, 2.24) is 4.98 Å². The summed E-state index contributed by atoms with van der Waals surface area (Å²) in [6.45, 7) is 4.38. The van der Waals surface area contributed by atoms with E-state index in [9.17, 15) is 4.79 Å². The highest BCUT2D eigenvalue weighted by Gasteiger charge is 2.13. The van der Waals surface area contributed by atoms with Crippen LogP contribution in [0.3, 0.4) is 0 Å². The van der Waals surface area contributed by atoms with E-state index in [4.69, 9.17) is 16.3 Å². The average molecular weight is 341 g/mol. The Hall–Kier alpha value is -2.59. The predicted molar refractivity (Wildman–Crippen MR) is 97.1 cm³/mol. The average Bonchev–Trinajstić information content (AvgIpc) is 2.57. The van der Waals surface area contributed by atoms with Gasteiger partial charge in [0.25, 0.3) is 5.91 Å². The molecule has 0 aliphatic rings. The summed E-state index contributed by atoms with van der Waals surface area (Å²) in [5.41, 5.74) is 2.82. The van der Waals surface area contributed by atoms with Crippen molar-refractivity contribution in [1.29, 1.82) is 0 Å². The number of hydrogen-bond acceptors (Lipinski definition) is 3. The number of carbonyl (C=O) groups is 1. The number of hydrogen-bond donors (Lipinski definition) is 1. The number of fused-ring (bicyclic) bond motifs is 1. The number of rotatable bonds is 4. The number of aryl methyl sites for hydroxylation is 1. The van der Waals surface area contributed by atoms with Crippen LogP contribution in [0.5, 0.6) is 5.75 Å². The highest BCUT2D eigenvalue weighted by Crippen LogP contribution is 2.28. The third kappa shape index (κ3) is 3.49. The van der Waals surface area contributed by atoms with Gasteiger partial charge in [-0.25, -0.2) is 4.98 Å². The van der Waals surface area contributed by atoms with Crippen LogP contribution in [0.4, 0.5) is 5.69 Å². The van der Waals surface area contributed by atoms with E-state index in [1.165, 1.54) is 0 Å². The van der Waals surface area contributed by atoms with Crippen LogP contribution in [0.25, 0.3) is 10.9 Å². The van der Waals surface area contributed by atoms with Crippen LogP contribution in [-0.2, 0) is 0 Å². The van der Waals surface area contributed by atoms with Crippen molar-refractivity contribution in [3.63, 3.8) is 0 Å². The van der Waals surface area contributed by atoms with Crippen molar-refractivity contribution in [3.8, 4) is 5.75 Å². The van der Waals surface area contributed by atoms with Crippen LogP contribution in [-0.4, -0.2) is 17.5 Å². The molecule has 0 fully saturated rings. The number of carbonyl (C=O) groups excluding carboxylic acids is 1. The number of ether oxygens (including phenoxy) is 1. The summed E-state index contributed by atoms with van der Waals surface area (Å²) < 4.78 is 5.65. The smallest absolute Gasteiger partial charge is 0.274 e. The molecule has 0 bridgehead atoms. The topological polar surface area (TPSA) is 51.2 Å². The molecule has 4 nitrogen and oxygen atoms in total. The second kappa shape index (κ2) is 6.89. The molecule has 0 aliphatic carbocycles. The first-order valence-electron chi connectivity index (χ1n) is 7.68. The van der Waals surface area contributed by atoms with E-state index in [2.05, 4.69) is 10.3 Å². The van der Waals surface area contributed by atoms with Crippen molar-refractivity contribution in [2.24, 2.45) is 0 Å². The molecule has 0 atom stereocenters. The summed E-state index contributed by atoms with van der Waals surface area (Å²) in [5.74, 6) is 0.315. The number of aromatic nitrogens is 1. The van der Waals surface area contributed by atoms with E-state index in [0.717, 1.165) is 16.6 Å². The summed E-state index contributed by atoms with van der Waals surface area (Å²) in [5, 5.41) is 4.24. The van der Waals surface area contributed by atoms with Crippen LogP contribution < -0.4 is 10.1 Å². The van der Waals surface area contributed by atoms with E-state index in [0.29, 0.717) is 28.6 Å². The molecule has 0 radical (unpaired) electrons. The van der Waals surface area contributed by atoms with E-state index >= 15 is 0 Å². The Morgan fingerprint density at radius 1 is 1.17 bits per heavy atom. The van der Waals surface area contributed by atoms with Gasteiger partial charge in [0.2, 0.25) is 0 Å². The van der Waals surface area contributed by atoms with Gasteiger partial charge in [0.15, 0.2) is 0 Å². The molecule has 1 aromatic heterocycles. The summed E-state index contributed by atoms with van der Waals surface area (Å²) >= 11 is 6.05. The van der Waals surface area contributed by atoms with Gasteiger partial charge in [0, 0.05) is 22.2 Å². The lowest BCUT2D eigenvalue weighted by Crippen LogP contribution is -2.14. The molecule has 1 heterocycles. The second-order valence-corrected chi connectivity index (χ2v) is 5.86. The largest absolute Gasteiger partial charge is 0.493 e. The quantitative estimate of drug-likeness (QED) is 0.738. The normalized spacial score (nSPS) is 10.6. The number of nitrogens with one attached hydrogen (secondary N) is 1. The maximum Gasteiger partial charge on any atom is 0.274 e. The van der Waals surface area contributed by atoms with E-state index in [-0.39, 0.29) is 5.91 Å². The molecule has 1 N–H and O–H groups in total. The Morgan fingerprint density at radius 3 is 2.62 bits per heavy atom. The SMILES string of the molecule is CCOc1cc(C(=O)Nc2ccc(C)cc2)nc2ccc(Cl)cc12. The first kappa shape index (κ1) is 16.3. The van der Waals surface area contributed by atoms with Gasteiger partial charge in [0.05, 0.1) is 12.1 Å². The van der Waals surface area contributed by atoms with Crippen molar-refractivity contribution in [3.05, 3.63) is 64.8 Å². The van der Waals surface area contributed by atoms with Crippen molar-refractivity contribution in [2.75, 3.05) is 11.9 Å². The summed E-state index contributed by atoms with van der Waals surface area (Å²) in [6.07, 6.45) is 0. The molecular weight excluding hydrogens is 324 g/mol. The fourth-order valence-electron chi connectivity index (χ4n) is 2.39. The number of anilines is 1. The molecule has 2 aromatic carbocycles. The van der Waals surface area contributed by atoms with Gasteiger partial charge in [-0.15, -0.1) is 0 Å². The fraction of sp³-hybridized carbons (Fsp3) is 0.158. The van der Waals surface area contributed by atoms with Gasteiger partial charge in [-0.05, 0) is 44.2 Å². The van der Waals surface area contributed by atoms with Gasteiger partial charge in [-0.3, -0.25) is 4.79 Å². The Bertz CT molecular complexity index is 892. The zero-order valence-electron chi connectivity index (χ0n) is 13.5. The summed E-state index contributed by atoms with van der Waals surface area (Å²) in [6, 6.07) is 14.6. The Balaban J connectivity index is 1.97. The fourth-order valence-corrected chi connectivity index (χ4v) is 2.56. The molecule has 24 heavy (non-hydrogen) atoms. The zero-order chi connectivity index (χ0) is 17.1. The van der Waals surface area contributed by atoms with Crippen molar-refractivity contribution < 1.29 is 9.53 Å². The van der Waals surface area contributed by atoms with E-state index in [1.807, 2.05) is 38.1 Å². The molecule has 0 saturated carbocycles. The highest BCUT2D eigenvalue weighted by atomic mass is 35.5. The molecule has 0 unspecified atom stereocenters. The number of benzene rings is 2. The Labute approximate surface area is 145 Å². The van der Waals surface area contributed by atoms with Gasteiger partial charge in [0.1, 0.15) is 11.4 Å². The monoisotopic (exact) mass is 340 g/mol. The highest BCUT2D eigenvalue weighted by molar-refractivity contribution is 6.31. The maximum atomic E-state index is 12.5. The molecule has 1 amide bonds. The molecule has 3 aromatic rings. The molecular formula is C19H17ClN2O2. The number of halogens is 1. The van der Waals surface area contributed by atoms with Crippen LogP contribution >= 0.6 is 11.6 Å². The van der Waals surface area contributed by atoms with E-state index < -0.39 is 0 Å².